The van der Waals surface area contributed by atoms with Crippen LogP contribution in [0.2, 0.25) is 0 Å². The second-order valence-corrected chi connectivity index (χ2v) is 7.92. The van der Waals surface area contributed by atoms with Crippen molar-refractivity contribution < 1.29 is 37.0 Å². The molecule has 0 bridgehead atoms. The number of aryl methyl sites for hydroxylation is 1. The number of aromatic nitrogens is 4. The highest BCUT2D eigenvalue weighted by Crippen LogP contribution is 2.35. The van der Waals surface area contributed by atoms with Gasteiger partial charge in [-0.3, -0.25) is 4.79 Å². The molecule has 14 heteroatoms. The van der Waals surface area contributed by atoms with Crippen LogP contribution in [-0.2, 0) is 9.53 Å². The van der Waals surface area contributed by atoms with Gasteiger partial charge in [-0.05, 0) is 19.1 Å². The van der Waals surface area contributed by atoms with E-state index in [2.05, 4.69) is 25.3 Å². The Labute approximate surface area is 190 Å². The number of nitrogens with zero attached hydrogens (tertiary/aromatic N) is 5. The van der Waals surface area contributed by atoms with Gasteiger partial charge in [-0.2, -0.15) is 27.8 Å². The SMILES string of the molecule is Cc1cc(N2C[C@@H]3[C@@H](CNC(=O)c4ccco4)CO[C@@H]3C2)n2ncnc2n1.O=C(O)C(F)(F)F. The molecule has 1 amide bonds. The van der Waals surface area contributed by atoms with Crippen LogP contribution in [0.15, 0.2) is 35.2 Å². The quantitative estimate of drug-likeness (QED) is 0.568. The third-order valence-corrected chi connectivity index (χ3v) is 5.64. The van der Waals surface area contributed by atoms with Crippen LogP contribution in [0.25, 0.3) is 5.78 Å². The van der Waals surface area contributed by atoms with Crippen molar-refractivity contribution in [3.8, 4) is 0 Å². The molecule has 0 saturated carbocycles. The summed E-state index contributed by atoms with van der Waals surface area (Å²) in [6, 6.07) is 5.40. The number of alkyl halides is 3. The number of amides is 1. The number of anilines is 1. The number of hydrogen-bond acceptors (Lipinski definition) is 8. The topological polar surface area (TPSA) is 135 Å². The molecule has 3 atom stereocenters. The van der Waals surface area contributed by atoms with Crippen LogP contribution in [-0.4, -0.2) is 75.1 Å². The summed E-state index contributed by atoms with van der Waals surface area (Å²) in [6.45, 7) is 4.84. The van der Waals surface area contributed by atoms with Crippen LogP contribution in [0.4, 0.5) is 19.0 Å². The molecule has 2 aliphatic heterocycles. The molecule has 5 rings (SSSR count). The van der Waals surface area contributed by atoms with Crippen molar-refractivity contribution in [1.82, 2.24) is 24.9 Å². The number of nitrogens with one attached hydrogen (secondary N) is 1. The van der Waals surface area contributed by atoms with Crippen molar-refractivity contribution in [3.63, 3.8) is 0 Å². The summed E-state index contributed by atoms with van der Waals surface area (Å²) in [5, 5.41) is 14.4. The average molecular weight is 482 g/mol. The Morgan fingerprint density at radius 2 is 2.09 bits per heavy atom. The van der Waals surface area contributed by atoms with Crippen LogP contribution in [0, 0.1) is 18.8 Å². The minimum absolute atomic E-state index is 0.155. The van der Waals surface area contributed by atoms with E-state index < -0.39 is 12.1 Å². The van der Waals surface area contributed by atoms with Crippen LogP contribution in [0.5, 0.6) is 0 Å². The normalized spacial score (nSPS) is 21.8. The number of carboxylic acid groups (broad SMARTS) is 1. The Morgan fingerprint density at radius 3 is 2.76 bits per heavy atom. The standard InChI is InChI=1S/C18H20N6O3.C2HF3O2/c1-11-5-16(24-18(22-11)20-10-21-24)23-7-13-12(9-27-15(13)8-23)6-19-17(25)14-3-2-4-26-14;3-2(4,5)1(6)7/h2-5,10,12-13,15H,6-9H2,1H3,(H,19,25);(H,6,7)/t12-,13+,15+;/m0./s1. The highest BCUT2D eigenvalue weighted by molar-refractivity contribution is 5.91. The molecule has 2 N–H and O–H groups in total. The molecule has 11 nitrogen and oxygen atoms in total. The molecule has 0 unspecified atom stereocenters. The van der Waals surface area contributed by atoms with E-state index in [9.17, 15) is 18.0 Å². The fraction of sp³-hybridized carbons (Fsp3) is 0.450. The number of carbonyl (C=O) groups excluding carboxylic acids is 1. The first-order valence-corrected chi connectivity index (χ1v) is 10.3. The first kappa shape index (κ1) is 23.5. The summed E-state index contributed by atoms with van der Waals surface area (Å²) in [5.74, 6) is -0.405. The van der Waals surface area contributed by atoms with E-state index in [1.165, 1.54) is 12.6 Å². The van der Waals surface area contributed by atoms with E-state index >= 15 is 0 Å². The Kier molecular flexibility index (Phi) is 6.41. The Morgan fingerprint density at radius 1 is 1.32 bits per heavy atom. The number of fused-ring (bicyclic) bond motifs is 2. The van der Waals surface area contributed by atoms with E-state index in [0.717, 1.165) is 24.6 Å². The number of rotatable bonds is 4. The summed E-state index contributed by atoms with van der Waals surface area (Å²) >= 11 is 0. The third-order valence-electron chi connectivity index (χ3n) is 5.64. The van der Waals surface area contributed by atoms with Gasteiger partial charge in [0.25, 0.3) is 11.7 Å². The van der Waals surface area contributed by atoms with Crippen molar-refractivity contribution in [2.45, 2.75) is 19.2 Å². The van der Waals surface area contributed by atoms with E-state index in [0.29, 0.717) is 30.6 Å². The van der Waals surface area contributed by atoms with Gasteiger partial charge in [0, 0.05) is 43.2 Å². The Balaban J connectivity index is 0.000000344. The predicted octanol–water partition coefficient (Wildman–Crippen LogP) is 1.54. The fourth-order valence-electron chi connectivity index (χ4n) is 4.05. The first-order valence-electron chi connectivity index (χ1n) is 10.3. The van der Waals surface area contributed by atoms with Gasteiger partial charge in [0.1, 0.15) is 12.1 Å². The van der Waals surface area contributed by atoms with Crippen LogP contribution in [0.3, 0.4) is 0 Å². The van der Waals surface area contributed by atoms with Gasteiger partial charge in [0.05, 0.1) is 19.0 Å². The summed E-state index contributed by atoms with van der Waals surface area (Å²) in [6.07, 6.45) is -1.91. The zero-order valence-electron chi connectivity index (χ0n) is 17.9. The maximum absolute atomic E-state index is 12.1. The number of carboxylic acids is 1. The van der Waals surface area contributed by atoms with Crippen LogP contribution in [0.1, 0.15) is 16.2 Å². The molecule has 3 aromatic rings. The molecule has 0 aromatic carbocycles. The largest absolute Gasteiger partial charge is 0.490 e. The molecule has 0 radical (unpaired) electrons. The Bertz CT molecular complexity index is 1170. The molecule has 0 aliphatic carbocycles. The van der Waals surface area contributed by atoms with E-state index in [4.69, 9.17) is 19.1 Å². The molecule has 0 spiro atoms. The lowest BCUT2D eigenvalue weighted by atomic mass is 9.93. The lowest BCUT2D eigenvalue weighted by Crippen LogP contribution is -2.34. The minimum Gasteiger partial charge on any atom is -0.475 e. The molecule has 34 heavy (non-hydrogen) atoms. The van der Waals surface area contributed by atoms with Gasteiger partial charge < -0.3 is 24.5 Å². The van der Waals surface area contributed by atoms with Crippen LogP contribution >= 0.6 is 0 Å². The summed E-state index contributed by atoms with van der Waals surface area (Å²) in [7, 11) is 0. The molecular weight excluding hydrogens is 461 g/mol. The number of aliphatic carboxylic acids is 1. The van der Waals surface area contributed by atoms with Gasteiger partial charge in [-0.25, -0.2) is 9.78 Å². The highest BCUT2D eigenvalue weighted by Gasteiger charge is 2.44. The fourth-order valence-corrected chi connectivity index (χ4v) is 4.05. The highest BCUT2D eigenvalue weighted by atomic mass is 19.4. The Hall–Kier alpha value is -3.68. The number of carbonyl (C=O) groups is 2. The average Bonchev–Trinajstić information content (AvgIpc) is 3.56. The zero-order chi connectivity index (χ0) is 24.5. The van der Waals surface area contributed by atoms with Crippen molar-refractivity contribution in [2.75, 3.05) is 31.1 Å². The van der Waals surface area contributed by atoms with Gasteiger partial charge in [-0.15, -0.1) is 0 Å². The zero-order valence-corrected chi connectivity index (χ0v) is 17.9. The van der Waals surface area contributed by atoms with Crippen molar-refractivity contribution in [1.29, 1.82) is 0 Å². The third kappa shape index (κ3) is 4.95. The molecule has 3 aromatic heterocycles. The maximum Gasteiger partial charge on any atom is 0.490 e. The second kappa shape index (κ2) is 9.29. The monoisotopic (exact) mass is 482 g/mol. The molecule has 2 aliphatic rings. The molecule has 5 heterocycles. The van der Waals surface area contributed by atoms with Gasteiger partial charge in [-0.1, -0.05) is 0 Å². The van der Waals surface area contributed by atoms with E-state index in [-0.39, 0.29) is 17.9 Å². The maximum atomic E-state index is 12.1. The van der Waals surface area contributed by atoms with Crippen molar-refractivity contribution >= 4 is 23.5 Å². The molecule has 2 saturated heterocycles. The minimum atomic E-state index is -5.08. The second-order valence-electron chi connectivity index (χ2n) is 7.92. The lowest BCUT2D eigenvalue weighted by Gasteiger charge is -2.22. The van der Waals surface area contributed by atoms with Gasteiger partial charge >= 0.3 is 12.1 Å². The van der Waals surface area contributed by atoms with Crippen LogP contribution < -0.4 is 10.2 Å². The molecule has 2 fully saturated rings. The lowest BCUT2D eigenvalue weighted by molar-refractivity contribution is -0.192. The summed E-state index contributed by atoms with van der Waals surface area (Å²) in [4.78, 5) is 31.9. The first-order chi connectivity index (χ1) is 16.1. The van der Waals surface area contributed by atoms with E-state index in [1.54, 1.807) is 16.6 Å². The van der Waals surface area contributed by atoms with Crippen molar-refractivity contribution in [2.24, 2.45) is 11.8 Å². The van der Waals surface area contributed by atoms with E-state index in [1.807, 2.05) is 13.0 Å². The number of ether oxygens (including phenoxy) is 1. The smallest absolute Gasteiger partial charge is 0.475 e. The molecular formula is C20H21F3N6O5. The number of furan rings is 1. The molecule has 182 valence electrons. The summed E-state index contributed by atoms with van der Waals surface area (Å²) < 4.78 is 44.7. The van der Waals surface area contributed by atoms with Crippen molar-refractivity contribution in [3.05, 3.63) is 42.2 Å². The summed E-state index contributed by atoms with van der Waals surface area (Å²) in [5.41, 5.74) is 0.908. The van der Waals surface area contributed by atoms with Gasteiger partial charge in [0.2, 0.25) is 0 Å². The number of hydrogen-bond donors (Lipinski definition) is 2. The van der Waals surface area contributed by atoms with Gasteiger partial charge in [0.15, 0.2) is 5.76 Å². The predicted molar refractivity (Wildman–Crippen MR) is 109 cm³/mol. The number of halogens is 3.